The summed E-state index contributed by atoms with van der Waals surface area (Å²) in [5, 5.41) is 3.39. The van der Waals surface area contributed by atoms with Crippen LogP contribution in [0.3, 0.4) is 0 Å². The van der Waals surface area contributed by atoms with Crippen molar-refractivity contribution in [3.05, 3.63) is 82.1 Å². The van der Waals surface area contributed by atoms with Gasteiger partial charge in [-0.05, 0) is 67.4 Å². The minimum absolute atomic E-state index is 0.0371. The number of ether oxygens (including phenoxy) is 2. The third kappa shape index (κ3) is 7.64. The summed E-state index contributed by atoms with van der Waals surface area (Å²) in [6.45, 7) is 3.01. The summed E-state index contributed by atoms with van der Waals surface area (Å²) in [6.07, 6.45) is 0.238. The number of carbonyl (C=O) groups is 2. The van der Waals surface area contributed by atoms with E-state index in [0.29, 0.717) is 22.9 Å². The lowest BCUT2D eigenvalue weighted by Gasteiger charge is -2.33. The molecular formula is C29H32Cl2FN3O6S. The molecule has 2 amide bonds. The molecule has 0 fully saturated rings. The fourth-order valence-corrected chi connectivity index (χ4v) is 6.18. The van der Waals surface area contributed by atoms with Gasteiger partial charge < -0.3 is 19.7 Å². The molecule has 1 N–H and O–H groups in total. The maximum atomic E-state index is 14.0. The largest absolute Gasteiger partial charge is 0.493 e. The van der Waals surface area contributed by atoms with Crippen LogP contribution in [0.1, 0.15) is 25.8 Å². The van der Waals surface area contributed by atoms with E-state index >= 15 is 0 Å². The Bertz CT molecular complexity index is 1520. The summed E-state index contributed by atoms with van der Waals surface area (Å²) in [5.41, 5.74) is 0.545. The van der Waals surface area contributed by atoms with E-state index in [0.717, 1.165) is 16.4 Å². The van der Waals surface area contributed by atoms with Gasteiger partial charge in [0.05, 0.1) is 24.8 Å². The molecule has 0 aliphatic rings. The molecule has 0 heterocycles. The minimum Gasteiger partial charge on any atom is -0.493 e. The zero-order chi connectivity index (χ0) is 31.0. The highest BCUT2D eigenvalue weighted by Crippen LogP contribution is 2.33. The van der Waals surface area contributed by atoms with Gasteiger partial charge in [0, 0.05) is 29.2 Å². The number of amides is 2. The predicted octanol–water partition coefficient (Wildman–Crippen LogP) is 5.29. The van der Waals surface area contributed by atoms with Crippen LogP contribution in [0.25, 0.3) is 0 Å². The van der Waals surface area contributed by atoms with E-state index in [2.05, 4.69) is 5.32 Å². The van der Waals surface area contributed by atoms with Crippen LogP contribution < -0.4 is 19.1 Å². The Balaban J connectivity index is 2.11. The second-order valence-electron chi connectivity index (χ2n) is 9.08. The van der Waals surface area contributed by atoms with Crippen LogP contribution in [0.5, 0.6) is 11.5 Å². The topological polar surface area (TPSA) is 105 Å². The molecule has 0 radical (unpaired) electrons. The number of methoxy groups -OCH3 is 2. The minimum atomic E-state index is -4.42. The van der Waals surface area contributed by atoms with Gasteiger partial charge in [0.2, 0.25) is 11.8 Å². The smallest absolute Gasteiger partial charge is 0.264 e. The van der Waals surface area contributed by atoms with Crippen molar-refractivity contribution in [2.24, 2.45) is 0 Å². The lowest BCUT2D eigenvalue weighted by atomic mass is 10.1. The van der Waals surface area contributed by atoms with Crippen molar-refractivity contribution >= 4 is 50.7 Å². The molecule has 42 heavy (non-hydrogen) atoms. The number of halogens is 3. The number of nitrogens with zero attached hydrogens (tertiary/aromatic N) is 2. The number of carbonyl (C=O) groups excluding carboxylic acids is 2. The summed E-state index contributed by atoms with van der Waals surface area (Å²) >= 11 is 12.5. The lowest BCUT2D eigenvalue weighted by Crippen LogP contribution is -2.52. The monoisotopic (exact) mass is 639 g/mol. The third-order valence-electron chi connectivity index (χ3n) is 6.43. The number of rotatable bonds is 13. The van der Waals surface area contributed by atoms with Crippen LogP contribution in [0.15, 0.2) is 65.6 Å². The van der Waals surface area contributed by atoms with Crippen LogP contribution in [0, 0.1) is 5.82 Å². The molecule has 0 saturated carbocycles. The van der Waals surface area contributed by atoms with Crippen molar-refractivity contribution in [3.63, 3.8) is 0 Å². The first-order chi connectivity index (χ1) is 20.0. The molecule has 226 valence electrons. The highest BCUT2D eigenvalue weighted by molar-refractivity contribution is 7.92. The average Bonchev–Trinajstić information content (AvgIpc) is 2.97. The van der Waals surface area contributed by atoms with Crippen molar-refractivity contribution in [2.75, 3.05) is 31.6 Å². The zero-order valence-electron chi connectivity index (χ0n) is 23.6. The highest BCUT2D eigenvalue weighted by atomic mass is 35.5. The Morgan fingerprint density at radius 1 is 0.952 bits per heavy atom. The average molecular weight is 641 g/mol. The number of hydrogen-bond acceptors (Lipinski definition) is 6. The Labute approximate surface area is 255 Å². The van der Waals surface area contributed by atoms with E-state index in [1.165, 1.54) is 55.5 Å². The summed E-state index contributed by atoms with van der Waals surface area (Å²) in [7, 11) is -1.64. The Morgan fingerprint density at radius 2 is 1.62 bits per heavy atom. The number of sulfonamides is 1. The van der Waals surface area contributed by atoms with Gasteiger partial charge in [-0.25, -0.2) is 12.8 Å². The van der Waals surface area contributed by atoms with Crippen molar-refractivity contribution in [2.45, 2.75) is 37.8 Å². The molecule has 0 unspecified atom stereocenters. The van der Waals surface area contributed by atoms with Gasteiger partial charge >= 0.3 is 0 Å². The van der Waals surface area contributed by atoms with Crippen LogP contribution in [0.4, 0.5) is 10.1 Å². The second-order valence-corrected chi connectivity index (χ2v) is 11.8. The van der Waals surface area contributed by atoms with Gasteiger partial charge in [-0.3, -0.25) is 13.9 Å². The van der Waals surface area contributed by atoms with Gasteiger partial charge in [-0.2, -0.15) is 0 Å². The number of nitrogens with one attached hydrogen (secondary N) is 1. The van der Waals surface area contributed by atoms with Gasteiger partial charge in [0.15, 0.2) is 11.5 Å². The predicted molar refractivity (Wildman–Crippen MR) is 160 cm³/mol. The maximum Gasteiger partial charge on any atom is 0.264 e. The molecule has 0 aliphatic carbocycles. The normalized spacial score (nSPS) is 11.9. The standard InChI is InChI=1S/C29H32Cl2FN3O6S/c1-5-25(29(37)33-6-2)34(17-19-7-8-20(30)15-24(19)31)28(36)18-35(22-11-9-21(32)10-12-22)42(38,39)23-13-14-26(40-3)27(16-23)41-4/h7-16,25H,5-6,17-18H2,1-4H3,(H,33,37)/t25-/m1/s1. The van der Waals surface area contributed by atoms with Gasteiger partial charge in [-0.1, -0.05) is 36.2 Å². The second kappa shape index (κ2) is 14.6. The number of likely N-dealkylation sites (N-methyl/N-ethyl adjacent to an activating group) is 1. The first kappa shape index (κ1) is 33.0. The van der Waals surface area contributed by atoms with E-state index in [1.807, 2.05) is 0 Å². The summed E-state index contributed by atoms with van der Waals surface area (Å²) in [5.74, 6) is -1.22. The maximum absolute atomic E-state index is 14.0. The van der Waals surface area contributed by atoms with E-state index in [-0.39, 0.29) is 34.3 Å². The summed E-state index contributed by atoms with van der Waals surface area (Å²) in [4.78, 5) is 28.2. The highest BCUT2D eigenvalue weighted by Gasteiger charge is 2.34. The van der Waals surface area contributed by atoms with E-state index in [9.17, 15) is 22.4 Å². The molecule has 3 rings (SSSR count). The molecule has 0 aliphatic heterocycles. The fraction of sp³-hybridized carbons (Fsp3) is 0.310. The van der Waals surface area contributed by atoms with E-state index in [1.54, 1.807) is 26.0 Å². The molecule has 0 spiro atoms. The number of anilines is 1. The summed E-state index contributed by atoms with van der Waals surface area (Å²) < 4.78 is 53.2. The third-order valence-corrected chi connectivity index (χ3v) is 8.79. The molecule has 3 aromatic rings. The van der Waals surface area contributed by atoms with E-state index in [4.69, 9.17) is 32.7 Å². The molecule has 1 atom stereocenters. The lowest BCUT2D eigenvalue weighted by molar-refractivity contribution is -0.140. The first-order valence-corrected chi connectivity index (χ1v) is 15.2. The Kier molecular flexibility index (Phi) is 11.4. The molecule has 0 saturated heterocycles. The molecular weight excluding hydrogens is 608 g/mol. The van der Waals surface area contributed by atoms with Crippen LogP contribution in [-0.4, -0.2) is 58.5 Å². The molecule has 9 nitrogen and oxygen atoms in total. The fourth-order valence-electron chi connectivity index (χ4n) is 4.29. The van der Waals surface area contributed by atoms with Crippen molar-refractivity contribution in [3.8, 4) is 11.5 Å². The van der Waals surface area contributed by atoms with Gasteiger partial charge in [0.25, 0.3) is 10.0 Å². The molecule has 0 aromatic heterocycles. The van der Waals surface area contributed by atoms with Crippen LogP contribution in [-0.2, 0) is 26.2 Å². The first-order valence-electron chi connectivity index (χ1n) is 13.0. The van der Waals surface area contributed by atoms with Gasteiger partial charge in [-0.15, -0.1) is 0 Å². The number of hydrogen-bond donors (Lipinski definition) is 1. The van der Waals surface area contributed by atoms with Crippen molar-refractivity contribution in [1.82, 2.24) is 10.2 Å². The van der Waals surface area contributed by atoms with Crippen LogP contribution >= 0.6 is 23.2 Å². The Morgan fingerprint density at radius 3 is 2.19 bits per heavy atom. The SMILES string of the molecule is CCNC(=O)[C@@H](CC)N(Cc1ccc(Cl)cc1Cl)C(=O)CN(c1ccc(F)cc1)S(=O)(=O)c1ccc(OC)c(OC)c1. The van der Waals surface area contributed by atoms with Crippen molar-refractivity contribution < 1.29 is 31.9 Å². The van der Waals surface area contributed by atoms with Crippen molar-refractivity contribution in [1.29, 1.82) is 0 Å². The molecule has 0 bridgehead atoms. The number of benzene rings is 3. The van der Waals surface area contributed by atoms with E-state index < -0.39 is 40.2 Å². The molecule has 13 heteroatoms. The molecule has 3 aromatic carbocycles. The summed E-state index contributed by atoms with van der Waals surface area (Å²) in [6, 6.07) is 12.5. The Hall–Kier alpha value is -3.54. The quantitative estimate of drug-likeness (QED) is 0.273. The van der Waals surface area contributed by atoms with Crippen LogP contribution in [0.2, 0.25) is 10.0 Å². The zero-order valence-corrected chi connectivity index (χ0v) is 25.9. The van der Waals surface area contributed by atoms with Gasteiger partial charge in [0.1, 0.15) is 18.4 Å².